The van der Waals surface area contributed by atoms with Crippen LogP contribution in [0.3, 0.4) is 0 Å². The van der Waals surface area contributed by atoms with Gasteiger partial charge in [-0.25, -0.2) is 0 Å². The molecule has 1 N–H and O–H groups in total. The summed E-state index contributed by atoms with van der Waals surface area (Å²) in [6, 6.07) is 4.55. The van der Waals surface area contributed by atoms with Crippen molar-refractivity contribution in [3.05, 3.63) is 24.4 Å². The summed E-state index contributed by atoms with van der Waals surface area (Å²) >= 11 is 0. The Kier molecular flexibility index (Phi) is 3.83. The Balaban J connectivity index is 1.90. The van der Waals surface area contributed by atoms with Gasteiger partial charge in [0.1, 0.15) is 5.75 Å². The first-order valence-electron chi connectivity index (χ1n) is 7.21. The van der Waals surface area contributed by atoms with E-state index in [2.05, 4.69) is 9.72 Å². The molecule has 5 nitrogen and oxygen atoms in total. The van der Waals surface area contributed by atoms with Crippen molar-refractivity contribution < 1.29 is 22.7 Å². The lowest BCUT2D eigenvalue weighted by Gasteiger charge is -2.36. The van der Waals surface area contributed by atoms with Crippen LogP contribution < -0.4 is 9.64 Å². The quantitative estimate of drug-likeness (QED) is 0.923. The van der Waals surface area contributed by atoms with Gasteiger partial charge in [0.2, 0.25) is 5.91 Å². The molecule has 1 aromatic heterocycles. The maximum absolute atomic E-state index is 12.5. The molecular formula is C15H16F3N3O2. The van der Waals surface area contributed by atoms with Gasteiger partial charge in [-0.15, -0.1) is 13.2 Å². The number of carbonyl (C=O) groups is 1. The fourth-order valence-corrected chi connectivity index (χ4v) is 2.84. The second kappa shape index (κ2) is 5.68. The number of nitrogens with zero attached hydrogens (tertiary/aromatic N) is 2. The lowest BCUT2D eigenvalue weighted by Crippen LogP contribution is -2.48. The summed E-state index contributed by atoms with van der Waals surface area (Å²) in [6.45, 7) is 3.74. The van der Waals surface area contributed by atoms with Crippen molar-refractivity contribution in [2.24, 2.45) is 0 Å². The Morgan fingerprint density at radius 3 is 2.52 bits per heavy atom. The fraction of sp³-hybridized carbons (Fsp3) is 0.400. The molecule has 23 heavy (non-hydrogen) atoms. The summed E-state index contributed by atoms with van der Waals surface area (Å²) in [5, 5.41) is 0.829. The van der Waals surface area contributed by atoms with E-state index in [1.165, 1.54) is 19.1 Å². The van der Waals surface area contributed by atoms with Crippen LogP contribution >= 0.6 is 0 Å². The first-order valence-corrected chi connectivity index (χ1v) is 7.21. The van der Waals surface area contributed by atoms with Crippen LogP contribution in [0.4, 0.5) is 18.9 Å². The van der Waals surface area contributed by atoms with E-state index in [1.54, 1.807) is 11.1 Å². The smallest absolute Gasteiger partial charge is 0.406 e. The summed E-state index contributed by atoms with van der Waals surface area (Å²) in [4.78, 5) is 18.0. The van der Waals surface area contributed by atoms with E-state index in [1.807, 2.05) is 11.0 Å². The van der Waals surface area contributed by atoms with E-state index < -0.39 is 6.36 Å². The first kappa shape index (κ1) is 15.5. The molecule has 0 radical (unpaired) electrons. The van der Waals surface area contributed by atoms with E-state index in [9.17, 15) is 18.0 Å². The number of carbonyl (C=O) groups excluding carboxylic acids is 1. The maximum atomic E-state index is 12.5. The summed E-state index contributed by atoms with van der Waals surface area (Å²) in [5.74, 6) is -0.248. The monoisotopic (exact) mass is 327 g/mol. The molecule has 1 aliphatic rings. The van der Waals surface area contributed by atoms with Gasteiger partial charge in [0.05, 0.1) is 5.52 Å². The lowest BCUT2D eigenvalue weighted by atomic mass is 10.1. The molecule has 1 aliphatic heterocycles. The van der Waals surface area contributed by atoms with Crippen LogP contribution in [0.25, 0.3) is 10.9 Å². The molecule has 1 aromatic carbocycles. The first-order chi connectivity index (χ1) is 10.8. The van der Waals surface area contributed by atoms with Gasteiger partial charge in [0.25, 0.3) is 0 Å². The third kappa shape index (κ3) is 3.35. The van der Waals surface area contributed by atoms with Crippen molar-refractivity contribution in [2.45, 2.75) is 13.3 Å². The minimum Gasteiger partial charge on any atom is -0.406 e. The number of alkyl halides is 3. The van der Waals surface area contributed by atoms with Crippen LogP contribution in [0.2, 0.25) is 0 Å². The van der Waals surface area contributed by atoms with Crippen molar-refractivity contribution in [1.82, 2.24) is 9.88 Å². The molecule has 8 heteroatoms. The highest BCUT2D eigenvalue weighted by atomic mass is 19.4. The number of amides is 1. The zero-order valence-electron chi connectivity index (χ0n) is 12.5. The van der Waals surface area contributed by atoms with Gasteiger partial charge in [-0.05, 0) is 6.07 Å². The SMILES string of the molecule is CC(=O)N1CCN(c2cc(OC(F)(F)F)cc3[nH]ccc23)CC1. The van der Waals surface area contributed by atoms with Crippen LogP contribution in [-0.2, 0) is 4.79 Å². The largest absolute Gasteiger partial charge is 0.573 e. The minimum atomic E-state index is -4.73. The minimum absolute atomic E-state index is 0.00518. The highest BCUT2D eigenvalue weighted by Gasteiger charge is 2.32. The van der Waals surface area contributed by atoms with Gasteiger partial charge in [-0.3, -0.25) is 4.79 Å². The molecule has 1 fully saturated rings. The van der Waals surface area contributed by atoms with Crippen molar-refractivity contribution in [1.29, 1.82) is 0 Å². The molecule has 2 heterocycles. The fourth-order valence-electron chi connectivity index (χ4n) is 2.84. The number of aromatic amines is 1. The average molecular weight is 327 g/mol. The molecule has 1 saturated heterocycles. The lowest BCUT2D eigenvalue weighted by molar-refractivity contribution is -0.274. The van der Waals surface area contributed by atoms with Gasteiger partial charge in [-0.1, -0.05) is 0 Å². The predicted molar refractivity (Wildman–Crippen MR) is 79.4 cm³/mol. The molecule has 0 unspecified atom stereocenters. The Labute approximate surface area is 130 Å². The molecule has 3 rings (SSSR count). The summed E-state index contributed by atoms with van der Waals surface area (Å²) in [6.07, 6.45) is -3.05. The van der Waals surface area contributed by atoms with E-state index >= 15 is 0 Å². The van der Waals surface area contributed by atoms with E-state index in [0.717, 1.165) is 5.39 Å². The standard InChI is InChI=1S/C15H16F3N3O2/c1-10(22)20-4-6-21(7-5-20)14-9-11(23-15(16,17)18)8-13-12(14)2-3-19-13/h2-3,8-9,19H,4-7H2,1H3. The van der Waals surface area contributed by atoms with Crippen molar-refractivity contribution in [3.63, 3.8) is 0 Å². The second-order valence-corrected chi connectivity index (χ2v) is 5.42. The molecule has 0 atom stereocenters. The van der Waals surface area contributed by atoms with E-state index in [4.69, 9.17) is 0 Å². The topological polar surface area (TPSA) is 48.6 Å². The number of aromatic nitrogens is 1. The van der Waals surface area contributed by atoms with Gasteiger partial charge >= 0.3 is 6.36 Å². The molecular weight excluding hydrogens is 311 g/mol. The van der Waals surface area contributed by atoms with E-state index in [-0.39, 0.29) is 11.7 Å². The number of hydrogen-bond donors (Lipinski definition) is 1. The third-order valence-electron chi connectivity index (χ3n) is 3.92. The second-order valence-electron chi connectivity index (χ2n) is 5.42. The van der Waals surface area contributed by atoms with Crippen LogP contribution in [0.1, 0.15) is 6.92 Å². The highest BCUT2D eigenvalue weighted by Crippen LogP contribution is 2.34. The van der Waals surface area contributed by atoms with Crippen LogP contribution in [0.15, 0.2) is 24.4 Å². The van der Waals surface area contributed by atoms with Crippen LogP contribution in [0.5, 0.6) is 5.75 Å². The number of halogens is 3. The maximum Gasteiger partial charge on any atom is 0.573 e. The molecule has 124 valence electrons. The molecule has 0 spiro atoms. The number of H-pyrrole nitrogens is 1. The van der Waals surface area contributed by atoms with Gasteiger partial charge in [0, 0.05) is 62.5 Å². The third-order valence-corrected chi connectivity index (χ3v) is 3.92. The number of fused-ring (bicyclic) bond motifs is 1. The zero-order valence-corrected chi connectivity index (χ0v) is 12.5. The Hall–Kier alpha value is -2.38. The van der Waals surface area contributed by atoms with Gasteiger partial charge in [-0.2, -0.15) is 0 Å². The number of nitrogens with one attached hydrogen (secondary N) is 1. The Bertz CT molecular complexity index is 718. The normalized spacial score (nSPS) is 16.0. The van der Waals surface area contributed by atoms with Gasteiger partial charge < -0.3 is 19.5 Å². The number of benzene rings is 1. The predicted octanol–water partition coefficient (Wildman–Crippen LogP) is 2.74. The number of hydrogen-bond acceptors (Lipinski definition) is 3. The zero-order chi connectivity index (χ0) is 16.6. The number of rotatable bonds is 2. The molecule has 2 aromatic rings. The number of piperazine rings is 1. The summed E-state index contributed by atoms with van der Waals surface area (Å²) < 4.78 is 41.5. The molecule has 1 amide bonds. The van der Waals surface area contributed by atoms with Crippen molar-refractivity contribution in [3.8, 4) is 5.75 Å². The number of ether oxygens (including phenoxy) is 1. The van der Waals surface area contributed by atoms with Crippen molar-refractivity contribution in [2.75, 3.05) is 31.1 Å². The Morgan fingerprint density at radius 2 is 1.91 bits per heavy atom. The summed E-state index contributed by atoms with van der Waals surface area (Å²) in [7, 11) is 0. The molecule has 0 saturated carbocycles. The number of anilines is 1. The molecule has 0 bridgehead atoms. The van der Waals surface area contributed by atoms with Gasteiger partial charge in [0.15, 0.2) is 0 Å². The Morgan fingerprint density at radius 1 is 1.22 bits per heavy atom. The van der Waals surface area contributed by atoms with Crippen LogP contribution in [-0.4, -0.2) is 48.3 Å². The molecule has 0 aliphatic carbocycles. The van der Waals surface area contributed by atoms with Crippen molar-refractivity contribution >= 4 is 22.5 Å². The average Bonchev–Trinajstić information content (AvgIpc) is 2.93. The highest BCUT2D eigenvalue weighted by molar-refractivity contribution is 5.94. The van der Waals surface area contributed by atoms with Crippen LogP contribution in [0, 0.1) is 0 Å². The summed E-state index contributed by atoms with van der Waals surface area (Å²) in [5.41, 5.74) is 1.25. The van der Waals surface area contributed by atoms with E-state index in [0.29, 0.717) is 37.4 Å².